The lowest BCUT2D eigenvalue weighted by Gasteiger charge is -2.12. The first kappa shape index (κ1) is 64.3. The molecule has 4 heterocycles. The van der Waals surface area contributed by atoms with Crippen LogP contribution in [-0.2, 0) is 0 Å². The molecule has 0 spiro atoms. The van der Waals surface area contributed by atoms with Gasteiger partial charge in [-0.15, -0.1) is 0 Å². The number of benzene rings is 11. The molecule has 16 rings (SSSR count). The number of aromatic amines is 3. The average molecular weight is 1330 g/mol. The van der Waals surface area contributed by atoms with Gasteiger partial charge in [0, 0.05) is 61.2 Å². The van der Waals surface area contributed by atoms with Gasteiger partial charge in [-0.25, -0.2) is 4.99 Å². The number of hydrogen-bond acceptors (Lipinski definition) is 1. The fraction of sp³-hybridized carbons (Fsp3) is 0. The predicted molar refractivity (Wildman–Crippen MR) is 425 cm³/mol. The minimum atomic E-state index is 0.489. The number of hydrogen-bond donors (Lipinski definition) is 3. The molecule has 482 valence electrons. The van der Waals surface area contributed by atoms with E-state index in [1.807, 2.05) is 273 Å². The second kappa shape index (κ2) is 30.4. The third-order valence-corrected chi connectivity index (χ3v) is 17.7. The molecule has 11 aromatic carbocycles. The second-order valence-electron chi connectivity index (χ2n) is 24.6. The highest BCUT2D eigenvalue weighted by Crippen LogP contribution is 2.42. The minimum absolute atomic E-state index is 0.489. The van der Waals surface area contributed by atoms with E-state index in [-0.39, 0.29) is 0 Å². The zero-order chi connectivity index (χ0) is 70.4. The normalized spacial score (nSPS) is 11.5. The van der Waals surface area contributed by atoms with Gasteiger partial charge in [0.1, 0.15) is 5.71 Å². The molecule has 14 aromatic rings. The third-order valence-electron chi connectivity index (χ3n) is 17.7. The van der Waals surface area contributed by atoms with E-state index >= 15 is 0 Å². The number of allylic oxidation sites excluding steroid dienone is 2. The van der Waals surface area contributed by atoms with E-state index in [0.717, 1.165) is 72.3 Å². The summed E-state index contributed by atoms with van der Waals surface area (Å²) in [5.41, 5.74) is 19.4. The first-order valence-electron chi connectivity index (χ1n) is 34.5. The summed E-state index contributed by atoms with van der Waals surface area (Å²) in [6.07, 6.45) is 0. The summed E-state index contributed by atoms with van der Waals surface area (Å²) in [6.45, 7) is 0. The summed E-state index contributed by atoms with van der Waals surface area (Å²) in [5.74, 6) is 59.6. The maximum Gasteiger partial charge on any atom is 0.106 e. The highest BCUT2D eigenvalue weighted by atomic mass is 14.9. The Morgan fingerprint density at radius 3 is 0.695 bits per heavy atom. The summed E-state index contributed by atoms with van der Waals surface area (Å²) in [6, 6.07) is 112. The van der Waals surface area contributed by atoms with E-state index in [0.29, 0.717) is 95.0 Å². The number of aliphatic imine (C=N–C) groups is 1. The molecule has 3 aromatic heterocycles. The number of fused-ring (bicyclic) bond motifs is 12. The number of nitrogens with one attached hydrogen (secondary N) is 3. The van der Waals surface area contributed by atoms with Crippen molar-refractivity contribution in [3.63, 3.8) is 0 Å². The third kappa shape index (κ3) is 14.2. The second-order valence-corrected chi connectivity index (χ2v) is 24.6. The summed E-state index contributed by atoms with van der Waals surface area (Å²) in [4.78, 5) is 18.7. The molecule has 0 atom stereocenters. The summed E-state index contributed by atoms with van der Waals surface area (Å²) in [5, 5.41) is 1.31. The van der Waals surface area contributed by atoms with Gasteiger partial charge in [0.25, 0.3) is 0 Å². The molecule has 0 unspecified atom stereocenters. The smallest absolute Gasteiger partial charge is 0.106 e. The molecule has 1 aliphatic carbocycles. The highest BCUT2D eigenvalue weighted by Gasteiger charge is 2.35. The quantitative estimate of drug-likeness (QED) is 0.148. The number of rotatable bonds is 3. The van der Waals surface area contributed by atoms with E-state index in [1.165, 1.54) is 0 Å². The Kier molecular flexibility index (Phi) is 18.6. The zero-order valence-electron chi connectivity index (χ0n) is 56.7. The zero-order valence-corrected chi connectivity index (χ0v) is 56.7. The fourth-order valence-corrected chi connectivity index (χ4v) is 12.7. The maximum absolute atomic E-state index is 6.12. The lowest BCUT2D eigenvalue weighted by Crippen LogP contribution is -2.20. The van der Waals surface area contributed by atoms with Crippen molar-refractivity contribution in [2.24, 2.45) is 4.99 Å². The Bertz CT molecular complexity index is 6450. The molecule has 4 heteroatoms. The van der Waals surface area contributed by atoms with Crippen molar-refractivity contribution < 1.29 is 0 Å². The van der Waals surface area contributed by atoms with Crippen LogP contribution < -0.4 is 10.7 Å². The molecule has 2 aliphatic rings. The first-order valence-corrected chi connectivity index (χ1v) is 34.5. The van der Waals surface area contributed by atoms with Crippen LogP contribution in [0.1, 0.15) is 117 Å². The van der Waals surface area contributed by atoms with Crippen LogP contribution in [0.15, 0.2) is 355 Å². The lowest BCUT2D eigenvalue weighted by atomic mass is 9.92. The van der Waals surface area contributed by atoms with E-state index in [4.69, 9.17) is 4.99 Å². The van der Waals surface area contributed by atoms with E-state index in [2.05, 4.69) is 170 Å². The fourth-order valence-electron chi connectivity index (χ4n) is 12.7. The standard InChI is InChI=1S/C101H58N4/c1-12-34-72(35-13-1)56-64-83-85(66-58-74-38-16-3-17-39-74)96-92(81-52-30-10-31-53-81)98-87(68-60-76-42-20-5-21-43-76)89(70-62-78-46-24-7-25-47-78)100(104-98)101-90(71-63-79-48-26-8-27-49-79)88(69-61-77-44-22-6-23-45-77)99(105-101)93(82-54-32-11-33-55-82)97-86(67-59-75-40-18-4-19-41-75)84(65-57-73-36-14-2-15-37-73)95(103-97)91(94(83)102-96)80-50-28-9-29-51-80/h1-55,102-104H. The van der Waals surface area contributed by atoms with Crippen molar-refractivity contribution in [2.75, 3.05) is 0 Å². The number of aromatic nitrogens is 3. The van der Waals surface area contributed by atoms with Crippen LogP contribution in [0.2, 0.25) is 0 Å². The molecule has 0 saturated carbocycles. The monoisotopic (exact) mass is 1330 g/mol. The van der Waals surface area contributed by atoms with Crippen molar-refractivity contribution in [1.29, 1.82) is 0 Å². The van der Waals surface area contributed by atoms with Crippen molar-refractivity contribution in [2.45, 2.75) is 0 Å². The molecule has 0 saturated heterocycles. The Labute approximate surface area is 611 Å². The molecule has 0 fully saturated rings. The molecular weight excluding hydrogens is 1270 g/mol. The molecule has 0 amide bonds. The average Bonchev–Trinajstić information content (AvgIpc) is 1.57. The van der Waals surface area contributed by atoms with Crippen LogP contribution >= 0.6 is 0 Å². The van der Waals surface area contributed by atoms with Gasteiger partial charge in [-0.2, -0.15) is 0 Å². The summed E-state index contributed by atoms with van der Waals surface area (Å²) < 4.78 is 0. The van der Waals surface area contributed by atoms with Crippen molar-refractivity contribution in [3.8, 4) is 94.7 Å². The van der Waals surface area contributed by atoms with Gasteiger partial charge in [-0.05, 0) is 114 Å². The van der Waals surface area contributed by atoms with Crippen LogP contribution in [0.5, 0.6) is 0 Å². The van der Waals surface area contributed by atoms with Gasteiger partial charge in [0.05, 0.1) is 83.7 Å². The van der Waals surface area contributed by atoms with Crippen LogP contribution in [0, 0.1) is 94.7 Å². The van der Waals surface area contributed by atoms with Gasteiger partial charge in [0.15, 0.2) is 0 Å². The van der Waals surface area contributed by atoms with Crippen LogP contribution in [0.25, 0.3) is 16.7 Å². The van der Waals surface area contributed by atoms with E-state index in [9.17, 15) is 0 Å². The van der Waals surface area contributed by atoms with Crippen LogP contribution in [-0.4, -0.2) is 20.7 Å². The van der Waals surface area contributed by atoms with E-state index < -0.39 is 0 Å². The molecule has 4 nitrogen and oxygen atoms in total. The Morgan fingerprint density at radius 2 is 0.400 bits per heavy atom. The van der Waals surface area contributed by atoms with Crippen molar-refractivity contribution in [3.05, 3.63) is 479 Å². The molecule has 0 radical (unpaired) electrons. The molecule has 105 heavy (non-hydrogen) atoms. The van der Waals surface area contributed by atoms with Gasteiger partial charge in [-0.3, -0.25) is 0 Å². The lowest BCUT2D eigenvalue weighted by molar-refractivity contribution is 1.20. The molecule has 8 bridgehead atoms. The van der Waals surface area contributed by atoms with Crippen molar-refractivity contribution in [1.82, 2.24) is 15.0 Å². The Balaban J connectivity index is 1.22. The van der Waals surface area contributed by atoms with Gasteiger partial charge >= 0.3 is 0 Å². The largest absolute Gasteiger partial charge is 0.352 e. The predicted octanol–water partition coefficient (Wildman–Crippen LogP) is 17.5. The topological polar surface area (TPSA) is 59.7 Å². The summed E-state index contributed by atoms with van der Waals surface area (Å²) >= 11 is 0. The SMILES string of the molecule is C(#Cc1ccccc1)C1=C(C#Cc2ccccc2)C2=C(c3ccccc3)c3[nH]c(c(C#Cc4ccccc4)c3C#Cc3ccccc3)C(c3ccccc3)=c3[nH]c(c(C#Cc4ccccc4)c3C#Cc3ccccc3)=C(c3ccccc3)c3[nH]c(c(C#Cc4ccccc4)c3C#Cc3ccccc3)C1=N2. The van der Waals surface area contributed by atoms with Gasteiger partial charge in [-0.1, -0.05) is 331 Å². The highest BCUT2D eigenvalue weighted by molar-refractivity contribution is 6.21. The summed E-state index contributed by atoms with van der Waals surface area (Å²) in [7, 11) is 0. The van der Waals surface area contributed by atoms with Gasteiger partial charge in [0.2, 0.25) is 0 Å². The van der Waals surface area contributed by atoms with Crippen LogP contribution in [0.3, 0.4) is 0 Å². The maximum atomic E-state index is 6.12. The van der Waals surface area contributed by atoms with Crippen molar-refractivity contribution >= 4 is 22.4 Å². The number of nitrogens with zero attached hydrogens (tertiary/aromatic N) is 1. The molecular formula is C101H58N4. The Morgan fingerprint density at radius 1 is 0.181 bits per heavy atom. The van der Waals surface area contributed by atoms with Crippen LogP contribution in [0.4, 0.5) is 0 Å². The molecule has 3 N–H and O–H groups in total. The Hall–Kier alpha value is -15.4. The van der Waals surface area contributed by atoms with E-state index in [1.54, 1.807) is 0 Å². The minimum Gasteiger partial charge on any atom is -0.352 e. The first-order chi connectivity index (χ1) is 52.1. The number of H-pyrrole nitrogens is 3. The van der Waals surface area contributed by atoms with Gasteiger partial charge < -0.3 is 15.0 Å². The molecule has 1 aliphatic heterocycles.